The van der Waals surface area contributed by atoms with E-state index in [1.807, 2.05) is 26.0 Å². The zero-order chi connectivity index (χ0) is 16.2. The highest BCUT2D eigenvalue weighted by Gasteiger charge is 2.16. The maximum atomic E-state index is 5.16. The zero-order valence-corrected chi connectivity index (χ0v) is 14.9. The van der Waals surface area contributed by atoms with Crippen LogP contribution in [0.1, 0.15) is 45.6 Å². The third kappa shape index (κ3) is 6.80. The summed E-state index contributed by atoms with van der Waals surface area (Å²) in [5.74, 6) is 1.89. The first-order chi connectivity index (χ1) is 10.8. The van der Waals surface area contributed by atoms with E-state index in [0.717, 1.165) is 24.8 Å². The van der Waals surface area contributed by atoms with E-state index in [0.29, 0.717) is 0 Å². The molecule has 0 radical (unpaired) electrons. The molecule has 0 saturated carbocycles. The summed E-state index contributed by atoms with van der Waals surface area (Å²) in [5.41, 5.74) is 1.32. The summed E-state index contributed by atoms with van der Waals surface area (Å²) in [5, 5.41) is 3.53. The summed E-state index contributed by atoms with van der Waals surface area (Å²) in [6.45, 7) is 12.1. The van der Waals surface area contributed by atoms with E-state index in [1.165, 1.54) is 44.5 Å². The Morgan fingerprint density at radius 1 is 1.14 bits per heavy atom. The van der Waals surface area contributed by atoms with Gasteiger partial charge in [0.25, 0.3) is 0 Å². The zero-order valence-electron chi connectivity index (χ0n) is 14.9. The number of benzene rings is 1. The molecular formula is C19H34N2O. The quantitative estimate of drug-likeness (QED) is 0.772. The Kier molecular flexibility index (Phi) is 9.93. The van der Waals surface area contributed by atoms with Gasteiger partial charge >= 0.3 is 0 Å². The van der Waals surface area contributed by atoms with Crippen molar-refractivity contribution in [2.75, 3.05) is 33.3 Å². The van der Waals surface area contributed by atoms with E-state index in [1.54, 1.807) is 7.11 Å². The predicted molar refractivity (Wildman–Crippen MR) is 95.5 cm³/mol. The van der Waals surface area contributed by atoms with Crippen LogP contribution in [0.15, 0.2) is 24.3 Å². The largest absolute Gasteiger partial charge is 0.497 e. The Morgan fingerprint density at radius 2 is 1.77 bits per heavy atom. The molecule has 1 aliphatic rings. The number of ether oxygens (including phenoxy) is 1. The van der Waals surface area contributed by atoms with E-state index >= 15 is 0 Å². The Balaban J connectivity index is 0.00000116. The van der Waals surface area contributed by atoms with E-state index in [4.69, 9.17) is 4.74 Å². The Bertz CT molecular complexity index is 370. The number of hydrogen-bond acceptors (Lipinski definition) is 3. The van der Waals surface area contributed by atoms with Crippen LogP contribution in [0.4, 0.5) is 0 Å². The van der Waals surface area contributed by atoms with Gasteiger partial charge in [-0.1, -0.05) is 39.3 Å². The van der Waals surface area contributed by atoms with E-state index in [-0.39, 0.29) is 0 Å². The van der Waals surface area contributed by atoms with Crippen LogP contribution in [-0.2, 0) is 6.54 Å². The Hall–Kier alpha value is -1.06. The molecule has 3 nitrogen and oxygen atoms in total. The number of nitrogens with one attached hydrogen (secondary N) is 1. The second-order valence-corrected chi connectivity index (χ2v) is 5.72. The van der Waals surface area contributed by atoms with Crippen LogP contribution >= 0.6 is 0 Å². The monoisotopic (exact) mass is 306 g/mol. The van der Waals surface area contributed by atoms with E-state index in [2.05, 4.69) is 29.3 Å². The van der Waals surface area contributed by atoms with Crippen molar-refractivity contribution in [2.45, 2.75) is 46.6 Å². The van der Waals surface area contributed by atoms with Crippen molar-refractivity contribution in [1.82, 2.24) is 10.2 Å². The number of methoxy groups -OCH3 is 1. The number of likely N-dealkylation sites (tertiary alicyclic amines) is 1. The molecule has 0 atom stereocenters. The van der Waals surface area contributed by atoms with Gasteiger partial charge < -0.3 is 15.0 Å². The van der Waals surface area contributed by atoms with Crippen molar-refractivity contribution in [1.29, 1.82) is 0 Å². The predicted octanol–water partition coefficient (Wildman–Crippen LogP) is 3.93. The van der Waals surface area contributed by atoms with Gasteiger partial charge in [-0.2, -0.15) is 0 Å². The van der Waals surface area contributed by atoms with Gasteiger partial charge in [-0.15, -0.1) is 0 Å². The topological polar surface area (TPSA) is 24.5 Å². The molecule has 0 spiro atoms. The Labute approximate surface area is 137 Å². The van der Waals surface area contributed by atoms with Crippen LogP contribution in [-0.4, -0.2) is 38.2 Å². The number of rotatable bonds is 7. The van der Waals surface area contributed by atoms with Crippen molar-refractivity contribution in [2.24, 2.45) is 5.92 Å². The smallest absolute Gasteiger partial charge is 0.118 e. The van der Waals surface area contributed by atoms with E-state index in [9.17, 15) is 0 Å². The van der Waals surface area contributed by atoms with Gasteiger partial charge in [0.15, 0.2) is 0 Å². The third-order valence-corrected chi connectivity index (χ3v) is 4.38. The second-order valence-electron chi connectivity index (χ2n) is 5.72. The first kappa shape index (κ1) is 19.0. The standard InChI is InChI=1S/C17H28N2O.C2H6/c1-3-15-8-11-19(12-9-15)13-10-18-14-16-4-6-17(20-2)7-5-16;1-2/h4-7,15,18H,3,8-14H2,1-2H3;1-2H3. The lowest BCUT2D eigenvalue weighted by Crippen LogP contribution is -2.38. The minimum absolute atomic E-state index is 0.924. The van der Waals surface area contributed by atoms with Gasteiger partial charge in [-0.3, -0.25) is 0 Å². The number of piperidine rings is 1. The van der Waals surface area contributed by atoms with Crippen molar-refractivity contribution in [3.8, 4) is 5.75 Å². The van der Waals surface area contributed by atoms with Crippen molar-refractivity contribution in [3.63, 3.8) is 0 Å². The van der Waals surface area contributed by atoms with Crippen molar-refractivity contribution < 1.29 is 4.74 Å². The third-order valence-electron chi connectivity index (χ3n) is 4.38. The summed E-state index contributed by atoms with van der Waals surface area (Å²) in [6.07, 6.45) is 4.12. The highest BCUT2D eigenvalue weighted by molar-refractivity contribution is 5.26. The highest BCUT2D eigenvalue weighted by Crippen LogP contribution is 2.19. The van der Waals surface area contributed by atoms with Crippen LogP contribution in [0.25, 0.3) is 0 Å². The molecule has 0 unspecified atom stereocenters. The van der Waals surface area contributed by atoms with Gasteiger partial charge in [0.1, 0.15) is 5.75 Å². The average molecular weight is 306 g/mol. The van der Waals surface area contributed by atoms with E-state index < -0.39 is 0 Å². The van der Waals surface area contributed by atoms with Crippen LogP contribution < -0.4 is 10.1 Å². The summed E-state index contributed by atoms with van der Waals surface area (Å²) in [4.78, 5) is 2.59. The molecule has 2 rings (SSSR count). The van der Waals surface area contributed by atoms with Crippen LogP contribution in [0.2, 0.25) is 0 Å². The maximum Gasteiger partial charge on any atom is 0.118 e. The van der Waals surface area contributed by atoms with Gasteiger partial charge in [-0.25, -0.2) is 0 Å². The fourth-order valence-corrected chi connectivity index (χ4v) is 2.83. The fourth-order valence-electron chi connectivity index (χ4n) is 2.83. The number of nitrogens with zero attached hydrogens (tertiary/aromatic N) is 1. The summed E-state index contributed by atoms with van der Waals surface area (Å²) in [6, 6.07) is 8.29. The molecule has 1 N–H and O–H groups in total. The van der Waals surface area contributed by atoms with Gasteiger partial charge in [0.2, 0.25) is 0 Å². The first-order valence-corrected chi connectivity index (χ1v) is 8.87. The molecule has 0 aliphatic carbocycles. The summed E-state index contributed by atoms with van der Waals surface area (Å²) in [7, 11) is 1.70. The molecular weight excluding hydrogens is 272 g/mol. The lowest BCUT2D eigenvalue weighted by molar-refractivity contribution is 0.182. The molecule has 0 aromatic heterocycles. The molecule has 3 heteroatoms. The minimum Gasteiger partial charge on any atom is -0.497 e. The van der Waals surface area contributed by atoms with Gasteiger partial charge in [-0.05, 0) is 49.5 Å². The maximum absolute atomic E-state index is 5.16. The molecule has 1 saturated heterocycles. The van der Waals surface area contributed by atoms with Gasteiger partial charge in [0.05, 0.1) is 7.11 Å². The SMILES string of the molecule is CC.CCC1CCN(CCNCc2ccc(OC)cc2)CC1. The van der Waals surface area contributed by atoms with Crippen LogP contribution in [0.3, 0.4) is 0 Å². The van der Waals surface area contributed by atoms with Crippen molar-refractivity contribution >= 4 is 0 Å². The number of hydrogen-bond donors (Lipinski definition) is 1. The molecule has 126 valence electrons. The molecule has 1 aromatic carbocycles. The summed E-state index contributed by atoms with van der Waals surface area (Å²) < 4.78 is 5.16. The molecule has 0 bridgehead atoms. The Morgan fingerprint density at radius 3 is 2.32 bits per heavy atom. The summed E-state index contributed by atoms with van der Waals surface area (Å²) >= 11 is 0. The van der Waals surface area contributed by atoms with Crippen LogP contribution in [0, 0.1) is 5.92 Å². The average Bonchev–Trinajstić information content (AvgIpc) is 2.61. The fraction of sp³-hybridized carbons (Fsp3) is 0.684. The second kappa shape index (κ2) is 11.5. The molecule has 1 fully saturated rings. The first-order valence-electron chi connectivity index (χ1n) is 8.87. The lowest BCUT2D eigenvalue weighted by atomic mass is 9.94. The lowest BCUT2D eigenvalue weighted by Gasteiger charge is -2.31. The van der Waals surface area contributed by atoms with Crippen molar-refractivity contribution in [3.05, 3.63) is 29.8 Å². The van der Waals surface area contributed by atoms with Crippen LogP contribution in [0.5, 0.6) is 5.75 Å². The molecule has 1 aromatic rings. The highest BCUT2D eigenvalue weighted by atomic mass is 16.5. The molecule has 0 amide bonds. The normalized spacial score (nSPS) is 16.0. The molecule has 22 heavy (non-hydrogen) atoms. The molecule has 1 aliphatic heterocycles. The van der Waals surface area contributed by atoms with Gasteiger partial charge in [0, 0.05) is 19.6 Å². The minimum atomic E-state index is 0.924. The molecule has 1 heterocycles.